The van der Waals surface area contributed by atoms with Gasteiger partial charge in [-0.15, -0.1) is 15.3 Å². The Morgan fingerprint density at radius 3 is 1.83 bits per heavy atom. The Morgan fingerprint density at radius 1 is 1.00 bits per heavy atom. The number of aliphatic hydroxyl groups excluding tert-OH is 4. The second kappa shape index (κ2) is 12.5. The molecule has 3 unspecified atom stereocenters. The molecule has 138 valence electrons. The topological polar surface area (TPSA) is 295 Å². The van der Waals surface area contributed by atoms with Gasteiger partial charge in [0.15, 0.2) is 0 Å². The van der Waals surface area contributed by atoms with Gasteiger partial charge >= 0.3 is 5.09 Å². The number of guanidine groups is 2. The van der Waals surface area contributed by atoms with Gasteiger partial charge in [-0.1, -0.05) is 0 Å². The van der Waals surface area contributed by atoms with E-state index in [1.165, 1.54) is 0 Å². The van der Waals surface area contributed by atoms with E-state index in [4.69, 9.17) is 43.4 Å². The van der Waals surface area contributed by atoms with Crippen molar-refractivity contribution in [1.82, 2.24) is 0 Å². The number of hydrogen-bond donors (Lipinski definition) is 10. The zero-order valence-corrected chi connectivity index (χ0v) is 12.2. The van der Waals surface area contributed by atoms with E-state index in [2.05, 4.69) is 20.4 Å². The molecule has 0 amide bonds. The Labute approximate surface area is 134 Å². The van der Waals surface area contributed by atoms with E-state index in [0.29, 0.717) is 0 Å². The van der Waals surface area contributed by atoms with Crippen molar-refractivity contribution >= 4 is 23.8 Å². The third-order valence-electron chi connectivity index (χ3n) is 1.85. The summed E-state index contributed by atoms with van der Waals surface area (Å²) in [5.74, 6) is -0.769. The highest BCUT2D eigenvalue weighted by Crippen LogP contribution is 2.02. The average molecular weight is 354 g/mol. The van der Waals surface area contributed by atoms with Gasteiger partial charge in [-0.05, 0) is 0 Å². The molecule has 0 rings (SSSR count). The molecule has 0 heterocycles. The standard InChI is InChI=1S/C8H18N8O4.H2NO3/c9-7(10)15-13-1-3(14-16-8(11)12)5(19)6(20)4(18)2-17;2-1(3)4/h1,4-6,17-20H,2H2,(H4,9,10,15)(H4,11,12,16);(H2,2,3,4)/q;+1/b13-1+,14-3+;. The molecule has 0 aliphatic rings. The largest absolute Gasteiger partial charge is 0.472 e. The Balaban J connectivity index is 0. The van der Waals surface area contributed by atoms with Crippen molar-refractivity contribution in [3.05, 3.63) is 4.91 Å². The van der Waals surface area contributed by atoms with Crippen LogP contribution in [0, 0.1) is 4.91 Å². The van der Waals surface area contributed by atoms with Gasteiger partial charge < -0.3 is 43.4 Å². The normalized spacial score (nSPS) is 14.8. The van der Waals surface area contributed by atoms with Gasteiger partial charge in [0.1, 0.15) is 28.9 Å². The zero-order chi connectivity index (χ0) is 19.3. The molecule has 0 bridgehead atoms. The molecule has 16 nitrogen and oxygen atoms in total. The first-order valence-electron chi connectivity index (χ1n) is 5.81. The maximum absolute atomic E-state index is 9.75. The van der Waals surface area contributed by atoms with Crippen LogP contribution in [-0.4, -0.2) is 84.7 Å². The van der Waals surface area contributed by atoms with Crippen molar-refractivity contribution in [2.45, 2.75) is 18.3 Å². The minimum absolute atomic E-state index is 0.344. The van der Waals surface area contributed by atoms with Crippen LogP contribution in [0.4, 0.5) is 0 Å². The minimum Gasteiger partial charge on any atom is -0.394 e. The first-order chi connectivity index (χ1) is 11.0. The third-order valence-corrected chi connectivity index (χ3v) is 1.85. The molecule has 3 atom stereocenters. The van der Waals surface area contributed by atoms with E-state index in [1.54, 1.807) is 0 Å². The lowest BCUT2D eigenvalue weighted by atomic mass is 10.0. The fourth-order valence-corrected chi connectivity index (χ4v) is 0.925. The van der Waals surface area contributed by atoms with Crippen LogP contribution >= 0.6 is 0 Å². The van der Waals surface area contributed by atoms with E-state index in [0.717, 1.165) is 6.21 Å². The Morgan fingerprint density at radius 2 is 1.46 bits per heavy atom. The maximum atomic E-state index is 9.75. The number of rotatable bonds is 7. The van der Waals surface area contributed by atoms with E-state index < -0.39 is 36.0 Å². The van der Waals surface area contributed by atoms with E-state index in [1.807, 2.05) is 0 Å². The van der Waals surface area contributed by atoms with Crippen LogP contribution in [0.3, 0.4) is 0 Å². The van der Waals surface area contributed by atoms with Gasteiger partial charge in [0.05, 0.1) is 12.8 Å². The predicted octanol–water partition coefficient (Wildman–Crippen LogP) is -5.51. The molecule has 0 radical (unpaired) electrons. The number of hydrogen-bond acceptors (Lipinski definition) is 9. The first-order valence-corrected chi connectivity index (χ1v) is 5.81. The van der Waals surface area contributed by atoms with Gasteiger partial charge in [0.2, 0.25) is 11.9 Å². The maximum Gasteiger partial charge on any atom is 0.472 e. The van der Waals surface area contributed by atoms with Crippen LogP contribution in [0.5, 0.6) is 0 Å². The summed E-state index contributed by atoms with van der Waals surface area (Å²) in [6, 6.07) is 0. The Hall–Kier alpha value is -3.08. The number of nitrogens with two attached hydrogens (primary N) is 4. The Kier molecular flexibility index (Phi) is 12.0. The van der Waals surface area contributed by atoms with Crippen LogP contribution in [0.1, 0.15) is 0 Å². The average Bonchev–Trinajstić information content (AvgIpc) is 2.47. The molecule has 0 aliphatic carbocycles. The molecule has 0 aromatic heterocycles. The first kappa shape index (κ1) is 23.2. The molecule has 14 N–H and O–H groups in total. The molecule has 0 saturated carbocycles. The van der Waals surface area contributed by atoms with Crippen molar-refractivity contribution in [1.29, 1.82) is 0 Å². The third kappa shape index (κ3) is 12.6. The van der Waals surface area contributed by atoms with Crippen LogP contribution in [-0.2, 0) is 0 Å². The molecule has 0 spiro atoms. The zero-order valence-electron chi connectivity index (χ0n) is 12.2. The molecule has 0 saturated heterocycles. The fourth-order valence-electron chi connectivity index (χ4n) is 0.925. The predicted molar refractivity (Wildman–Crippen MR) is 79.9 cm³/mol. The second-order valence-corrected chi connectivity index (χ2v) is 3.76. The quantitative estimate of drug-likeness (QED) is 0.117. The summed E-state index contributed by atoms with van der Waals surface area (Å²) in [6.07, 6.45) is -4.23. The molecule has 24 heavy (non-hydrogen) atoms. The van der Waals surface area contributed by atoms with Gasteiger partial charge in [-0.2, -0.15) is 5.10 Å². The van der Waals surface area contributed by atoms with Crippen molar-refractivity contribution in [2.24, 2.45) is 43.3 Å². The summed E-state index contributed by atoms with van der Waals surface area (Å²) in [4.78, 5) is 8.47. The van der Waals surface area contributed by atoms with Gasteiger partial charge in [-0.3, -0.25) is 0 Å². The van der Waals surface area contributed by atoms with Crippen LogP contribution < -0.4 is 22.9 Å². The molecular weight excluding hydrogens is 334 g/mol. The smallest absolute Gasteiger partial charge is 0.394 e. The van der Waals surface area contributed by atoms with E-state index in [-0.39, 0.29) is 11.7 Å². The van der Waals surface area contributed by atoms with Crippen LogP contribution in [0.25, 0.3) is 0 Å². The lowest BCUT2D eigenvalue weighted by Crippen LogP contribution is -2.44. The summed E-state index contributed by atoms with van der Waals surface area (Å²) >= 11 is 0. The number of nitrogens with zero attached hydrogens (tertiary/aromatic N) is 5. The lowest BCUT2D eigenvalue weighted by Gasteiger charge is -2.20. The lowest BCUT2D eigenvalue weighted by molar-refractivity contribution is -0.969. The van der Waals surface area contributed by atoms with Crippen molar-refractivity contribution in [3.8, 4) is 0 Å². The molecule has 0 aromatic rings. The number of aliphatic hydroxyl groups is 4. The van der Waals surface area contributed by atoms with Crippen molar-refractivity contribution in [3.63, 3.8) is 0 Å². The second-order valence-electron chi connectivity index (χ2n) is 3.76. The summed E-state index contributed by atoms with van der Waals surface area (Å²) in [5.41, 5.74) is 19.8. The summed E-state index contributed by atoms with van der Waals surface area (Å²) in [7, 11) is 0. The SMILES string of the molecule is NC(N)=N/N=C/C(=N\N=C(N)N)C(O)C(O)C(O)CO.O=[N+](O)O. The molecule has 0 aromatic carbocycles. The summed E-state index contributed by atoms with van der Waals surface area (Å²) in [6.45, 7) is -0.779. The minimum atomic E-state index is -1.75. The van der Waals surface area contributed by atoms with Gasteiger partial charge in [0, 0.05) is 0 Å². The van der Waals surface area contributed by atoms with Gasteiger partial charge in [0.25, 0.3) is 0 Å². The highest BCUT2D eigenvalue weighted by molar-refractivity contribution is 6.32. The van der Waals surface area contributed by atoms with Crippen LogP contribution in [0.15, 0.2) is 20.4 Å². The fraction of sp³-hybridized carbons (Fsp3) is 0.500. The highest BCUT2D eigenvalue weighted by Gasteiger charge is 2.27. The van der Waals surface area contributed by atoms with Crippen LogP contribution in [0.2, 0.25) is 0 Å². The van der Waals surface area contributed by atoms with Crippen molar-refractivity contribution < 1.29 is 35.9 Å². The molecule has 0 fully saturated rings. The van der Waals surface area contributed by atoms with Gasteiger partial charge in [-0.25, -0.2) is 10.4 Å². The van der Waals surface area contributed by atoms with E-state index >= 15 is 0 Å². The molecule has 0 aliphatic heterocycles. The molecular formula is C8H20N9O7+. The Bertz CT molecular complexity index is 494. The van der Waals surface area contributed by atoms with E-state index in [9.17, 15) is 15.3 Å². The molecule has 16 heteroatoms. The summed E-state index contributed by atoms with van der Waals surface area (Å²) < 4.78 is 0. The highest BCUT2D eigenvalue weighted by atomic mass is 16.9. The van der Waals surface area contributed by atoms with Crippen molar-refractivity contribution in [2.75, 3.05) is 6.61 Å². The summed E-state index contributed by atoms with van der Waals surface area (Å²) in [5, 5.41) is 63.0. The monoisotopic (exact) mass is 354 g/mol.